The fourth-order valence-corrected chi connectivity index (χ4v) is 2.12. The van der Waals surface area contributed by atoms with Crippen LogP contribution in [0.4, 0.5) is 0 Å². The number of amides is 1. The average molecular weight is 262 g/mol. The number of primary amides is 1. The number of hydrogen-bond donors (Lipinski definition) is 2. The van der Waals surface area contributed by atoms with Crippen molar-refractivity contribution in [2.75, 3.05) is 13.1 Å². The Balaban J connectivity index is 2.04. The van der Waals surface area contributed by atoms with E-state index in [0.717, 1.165) is 12.1 Å². The first-order valence-corrected chi connectivity index (χ1v) is 6.37. The number of carboxylic acid groups (broad SMARTS) is 1. The first-order chi connectivity index (χ1) is 9.04. The van der Waals surface area contributed by atoms with Crippen molar-refractivity contribution in [1.82, 2.24) is 4.90 Å². The van der Waals surface area contributed by atoms with E-state index in [4.69, 9.17) is 10.8 Å². The number of aliphatic carboxylic acids is 1. The molecule has 0 atom stereocenters. The predicted molar refractivity (Wildman–Crippen MR) is 70.6 cm³/mol. The van der Waals surface area contributed by atoms with Crippen LogP contribution in [0.5, 0.6) is 0 Å². The molecule has 1 aromatic carbocycles. The van der Waals surface area contributed by atoms with Gasteiger partial charge in [-0.15, -0.1) is 0 Å². The molecular weight excluding hydrogens is 244 g/mol. The zero-order chi connectivity index (χ0) is 13.8. The van der Waals surface area contributed by atoms with Crippen LogP contribution >= 0.6 is 0 Å². The number of benzene rings is 1. The standard InChI is InChI=1S/C14H18N2O3/c15-14(19)12-3-1-2-11(6-12)8-16(9-13(17)18)7-10-4-5-10/h1-3,6,10H,4-5,7-9H2,(H2,15,19)(H,17,18). The number of hydrogen-bond acceptors (Lipinski definition) is 3. The molecule has 0 aliphatic heterocycles. The first kappa shape index (κ1) is 13.5. The summed E-state index contributed by atoms with van der Waals surface area (Å²) in [7, 11) is 0. The SMILES string of the molecule is NC(=O)c1cccc(CN(CC(=O)O)CC2CC2)c1. The van der Waals surface area contributed by atoms with Gasteiger partial charge in [0.2, 0.25) is 5.91 Å². The minimum Gasteiger partial charge on any atom is -0.480 e. The van der Waals surface area contributed by atoms with E-state index in [1.807, 2.05) is 11.0 Å². The van der Waals surface area contributed by atoms with Gasteiger partial charge < -0.3 is 10.8 Å². The van der Waals surface area contributed by atoms with Crippen LogP contribution in [-0.4, -0.2) is 35.0 Å². The van der Waals surface area contributed by atoms with E-state index in [1.54, 1.807) is 18.2 Å². The third kappa shape index (κ3) is 4.37. The van der Waals surface area contributed by atoms with Crippen LogP contribution in [0.25, 0.3) is 0 Å². The fourth-order valence-electron chi connectivity index (χ4n) is 2.12. The molecule has 5 heteroatoms. The Morgan fingerprint density at radius 2 is 2.11 bits per heavy atom. The second kappa shape index (κ2) is 5.84. The van der Waals surface area contributed by atoms with E-state index in [9.17, 15) is 9.59 Å². The molecule has 5 nitrogen and oxygen atoms in total. The van der Waals surface area contributed by atoms with Gasteiger partial charge in [0.05, 0.1) is 6.54 Å². The second-order valence-electron chi connectivity index (χ2n) is 5.07. The first-order valence-electron chi connectivity index (χ1n) is 6.37. The summed E-state index contributed by atoms with van der Waals surface area (Å²) in [6.07, 6.45) is 2.36. The van der Waals surface area contributed by atoms with Crippen molar-refractivity contribution in [3.8, 4) is 0 Å². The average Bonchev–Trinajstić information content (AvgIpc) is 3.12. The zero-order valence-electron chi connectivity index (χ0n) is 10.7. The molecule has 0 aromatic heterocycles. The number of carbonyl (C=O) groups is 2. The molecule has 2 rings (SSSR count). The Labute approximate surface area is 112 Å². The molecular formula is C14H18N2O3. The van der Waals surface area contributed by atoms with Gasteiger partial charge in [0, 0.05) is 18.7 Å². The maximum Gasteiger partial charge on any atom is 0.317 e. The van der Waals surface area contributed by atoms with Gasteiger partial charge in [-0.05, 0) is 36.5 Å². The van der Waals surface area contributed by atoms with Crippen molar-refractivity contribution in [2.45, 2.75) is 19.4 Å². The molecule has 0 unspecified atom stereocenters. The largest absolute Gasteiger partial charge is 0.480 e. The van der Waals surface area contributed by atoms with Crippen molar-refractivity contribution < 1.29 is 14.7 Å². The Morgan fingerprint density at radius 3 is 2.68 bits per heavy atom. The summed E-state index contributed by atoms with van der Waals surface area (Å²) in [5.74, 6) is -0.667. The molecule has 0 heterocycles. The quantitative estimate of drug-likeness (QED) is 0.770. The van der Waals surface area contributed by atoms with Crippen LogP contribution in [0.1, 0.15) is 28.8 Å². The van der Waals surface area contributed by atoms with Crippen LogP contribution in [0, 0.1) is 5.92 Å². The summed E-state index contributed by atoms with van der Waals surface area (Å²) in [5, 5.41) is 8.92. The molecule has 102 valence electrons. The third-order valence-electron chi connectivity index (χ3n) is 3.19. The molecule has 0 saturated heterocycles. The lowest BCUT2D eigenvalue weighted by Crippen LogP contribution is -2.31. The number of carboxylic acids is 1. The Kier molecular flexibility index (Phi) is 4.16. The van der Waals surface area contributed by atoms with E-state index < -0.39 is 11.9 Å². The van der Waals surface area contributed by atoms with E-state index in [0.29, 0.717) is 18.0 Å². The van der Waals surface area contributed by atoms with Crippen LogP contribution in [0.2, 0.25) is 0 Å². The molecule has 3 N–H and O–H groups in total. The second-order valence-corrected chi connectivity index (χ2v) is 5.07. The van der Waals surface area contributed by atoms with Gasteiger partial charge in [-0.3, -0.25) is 14.5 Å². The summed E-state index contributed by atoms with van der Waals surface area (Å²) >= 11 is 0. The summed E-state index contributed by atoms with van der Waals surface area (Å²) in [5.41, 5.74) is 6.61. The summed E-state index contributed by atoms with van der Waals surface area (Å²) in [4.78, 5) is 23.9. The normalized spacial score (nSPS) is 14.6. The summed E-state index contributed by atoms with van der Waals surface area (Å²) in [6.45, 7) is 1.36. The lowest BCUT2D eigenvalue weighted by atomic mass is 10.1. The number of nitrogens with zero attached hydrogens (tertiary/aromatic N) is 1. The molecule has 1 aliphatic carbocycles. The minimum atomic E-state index is -0.827. The number of nitrogens with two attached hydrogens (primary N) is 1. The molecule has 0 radical (unpaired) electrons. The smallest absolute Gasteiger partial charge is 0.317 e. The van der Waals surface area contributed by atoms with Gasteiger partial charge in [-0.1, -0.05) is 12.1 Å². The Hall–Kier alpha value is -1.88. The van der Waals surface area contributed by atoms with E-state index >= 15 is 0 Å². The molecule has 19 heavy (non-hydrogen) atoms. The van der Waals surface area contributed by atoms with Gasteiger partial charge >= 0.3 is 5.97 Å². The highest BCUT2D eigenvalue weighted by atomic mass is 16.4. The van der Waals surface area contributed by atoms with Crippen LogP contribution in [0.3, 0.4) is 0 Å². The highest BCUT2D eigenvalue weighted by Gasteiger charge is 2.25. The van der Waals surface area contributed by atoms with Crippen molar-refractivity contribution in [3.05, 3.63) is 35.4 Å². The number of rotatable bonds is 7. The van der Waals surface area contributed by atoms with Crippen molar-refractivity contribution >= 4 is 11.9 Å². The van der Waals surface area contributed by atoms with Gasteiger partial charge in [0.1, 0.15) is 0 Å². The number of carbonyl (C=O) groups excluding carboxylic acids is 1. The van der Waals surface area contributed by atoms with E-state index in [-0.39, 0.29) is 6.54 Å². The molecule has 0 spiro atoms. The monoisotopic (exact) mass is 262 g/mol. The van der Waals surface area contributed by atoms with Gasteiger partial charge in [0.15, 0.2) is 0 Å². The maximum atomic E-state index is 11.1. The molecule has 0 bridgehead atoms. The Bertz CT molecular complexity index is 483. The van der Waals surface area contributed by atoms with Crippen LogP contribution < -0.4 is 5.73 Å². The minimum absolute atomic E-state index is 0.0251. The zero-order valence-corrected chi connectivity index (χ0v) is 10.7. The van der Waals surface area contributed by atoms with Crippen LogP contribution in [0.15, 0.2) is 24.3 Å². The highest BCUT2D eigenvalue weighted by molar-refractivity contribution is 5.92. The molecule has 1 fully saturated rings. The topological polar surface area (TPSA) is 83.6 Å². The van der Waals surface area contributed by atoms with Gasteiger partial charge in [-0.2, -0.15) is 0 Å². The van der Waals surface area contributed by atoms with Crippen molar-refractivity contribution in [3.63, 3.8) is 0 Å². The van der Waals surface area contributed by atoms with Crippen LogP contribution in [-0.2, 0) is 11.3 Å². The summed E-state index contributed by atoms with van der Waals surface area (Å²) < 4.78 is 0. The maximum absolute atomic E-state index is 11.1. The lowest BCUT2D eigenvalue weighted by Gasteiger charge is -2.20. The third-order valence-corrected chi connectivity index (χ3v) is 3.19. The fraction of sp³-hybridized carbons (Fsp3) is 0.429. The molecule has 1 aliphatic rings. The highest BCUT2D eigenvalue weighted by Crippen LogP contribution is 2.30. The van der Waals surface area contributed by atoms with E-state index in [2.05, 4.69) is 0 Å². The molecule has 1 aromatic rings. The Morgan fingerprint density at radius 1 is 1.37 bits per heavy atom. The van der Waals surface area contributed by atoms with Crippen molar-refractivity contribution in [2.24, 2.45) is 11.7 Å². The van der Waals surface area contributed by atoms with Gasteiger partial charge in [-0.25, -0.2) is 0 Å². The van der Waals surface area contributed by atoms with E-state index in [1.165, 1.54) is 12.8 Å². The summed E-state index contributed by atoms with van der Waals surface area (Å²) in [6, 6.07) is 7.04. The predicted octanol–water partition coefficient (Wildman–Crippen LogP) is 1.08. The van der Waals surface area contributed by atoms with Crippen molar-refractivity contribution in [1.29, 1.82) is 0 Å². The molecule has 1 saturated carbocycles. The van der Waals surface area contributed by atoms with Gasteiger partial charge in [0.25, 0.3) is 0 Å². The molecule has 1 amide bonds. The lowest BCUT2D eigenvalue weighted by molar-refractivity contribution is -0.138.